The number of rotatable bonds is 5. The van der Waals surface area contributed by atoms with Crippen molar-refractivity contribution in [2.24, 2.45) is 0 Å². The van der Waals surface area contributed by atoms with Gasteiger partial charge in [0, 0.05) is 29.2 Å². The van der Waals surface area contributed by atoms with E-state index in [1.165, 1.54) is 27.7 Å². The van der Waals surface area contributed by atoms with Gasteiger partial charge in [-0.2, -0.15) is 5.10 Å². The molecule has 0 atom stereocenters. The van der Waals surface area contributed by atoms with Gasteiger partial charge in [-0.15, -0.1) is 0 Å². The van der Waals surface area contributed by atoms with E-state index in [4.69, 9.17) is 0 Å². The highest BCUT2D eigenvalue weighted by Crippen LogP contribution is 2.38. The van der Waals surface area contributed by atoms with Crippen LogP contribution >= 0.6 is 0 Å². The number of hydrogen-bond donors (Lipinski definition) is 2. The van der Waals surface area contributed by atoms with Crippen LogP contribution in [0, 0.1) is 0 Å². The van der Waals surface area contributed by atoms with Gasteiger partial charge in [-0.1, -0.05) is 19.9 Å². The average molecular weight is 404 g/mol. The first-order valence-corrected chi connectivity index (χ1v) is 10.9. The molecule has 6 nitrogen and oxygen atoms in total. The molecule has 0 radical (unpaired) electrons. The maximum absolute atomic E-state index is 9.19. The molecule has 1 saturated heterocycles. The number of likely N-dealkylation sites (tertiary alicyclic amines) is 1. The smallest absolute Gasteiger partial charge is 0.155 e. The van der Waals surface area contributed by atoms with Crippen LogP contribution in [0.1, 0.15) is 49.7 Å². The number of β-amino-alcohol motifs (C(OH)–C–C–N with tert-alkyl or cyclic N) is 1. The molecule has 1 aliphatic heterocycles. The minimum Gasteiger partial charge on any atom is -0.395 e. The largest absolute Gasteiger partial charge is 0.395 e. The molecule has 0 bridgehead atoms. The highest BCUT2D eigenvalue weighted by molar-refractivity contribution is 5.92. The van der Waals surface area contributed by atoms with E-state index in [0.29, 0.717) is 11.8 Å². The van der Waals surface area contributed by atoms with Crippen LogP contribution in [0.2, 0.25) is 0 Å². The normalized spacial score (nSPS) is 16.3. The monoisotopic (exact) mass is 403 g/mol. The lowest BCUT2D eigenvalue weighted by Gasteiger charge is -2.31. The molecular formula is C24H29N5O. The van der Waals surface area contributed by atoms with Crippen LogP contribution in [0.3, 0.4) is 0 Å². The van der Waals surface area contributed by atoms with E-state index in [9.17, 15) is 5.11 Å². The third-order valence-electron chi connectivity index (χ3n) is 6.48. The Morgan fingerprint density at radius 2 is 2.00 bits per heavy atom. The number of aliphatic hydroxyl groups is 1. The van der Waals surface area contributed by atoms with Crippen LogP contribution < -0.4 is 0 Å². The van der Waals surface area contributed by atoms with Crippen LogP contribution in [0.25, 0.3) is 27.8 Å². The Morgan fingerprint density at radius 1 is 1.17 bits per heavy atom. The molecule has 0 saturated carbocycles. The van der Waals surface area contributed by atoms with E-state index in [2.05, 4.69) is 64.3 Å². The fraction of sp³-hybridized carbons (Fsp3) is 0.417. The average Bonchev–Trinajstić information content (AvgIpc) is 3.37. The summed E-state index contributed by atoms with van der Waals surface area (Å²) in [5, 5.41) is 14.8. The van der Waals surface area contributed by atoms with E-state index < -0.39 is 0 Å². The first-order chi connectivity index (χ1) is 14.6. The molecule has 0 amide bonds. The predicted molar refractivity (Wildman–Crippen MR) is 120 cm³/mol. The summed E-state index contributed by atoms with van der Waals surface area (Å²) >= 11 is 0. The number of pyridine rings is 1. The second kappa shape index (κ2) is 7.85. The van der Waals surface area contributed by atoms with Crippen molar-refractivity contribution < 1.29 is 5.11 Å². The highest BCUT2D eigenvalue weighted by Gasteiger charge is 2.22. The van der Waals surface area contributed by atoms with Crippen molar-refractivity contribution in [2.75, 3.05) is 26.2 Å². The Bertz CT molecular complexity index is 1170. The lowest BCUT2D eigenvalue weighted by molar-refractivity contribution is 0.164. The molecule has 4 aromatic rings. The summed E-state index contributed by atoms with van der Waals surface area (Å²) < 4.78 is 1.83. The van der Waals surface area contributed by atoms with Gasteiger partial charge in [-0.25, -0.2) is 9.50 Å². The van der Waals surface area contributed by atoms with Gasteiger partial charge in [0.05, 0.1) is 12.3 Å². The van der Waals surface area contributed by atoms with E-state index >= 15 is 0 Å². The second-order valence-electron chi connectivity index (χ2n) is 8.69. The maximum Gasteiger partial charge on any atom is 0.155 e. The molecule has 0 unspecified atom stereocenters. The zero-order chi connectivity index (χ0) is 20.7. The van der Waals surface area contributed by atoms with Gasteiger partial charge in [-0.05, 0) is 73.2 Å². The van der Waals surface area contributed by atoms with Gasteiger partial charge in [0.1, 0.15) is 6.33 Å². The van der Waals surface area contributed by atoms with Crippen molar-refractivity contribution in [3.63, 3.8) is 0 Å². The summed E-state index contributed by atoms with van der Waals surface area (Å²) in [4.78, 5) is 10.3. The summed E-state index contributed by atoms with van der Waals surface area (Å²) in [6.07, 6.45) is 5.95. The molecule has 2 N–H and O–H groups in total. The molecular weight excluding hydrogens is 374 g/mol. The van der Waals surface area contributed by atoms with Crippen LogP contribution in [-0.2, 0) is 0 Å². The standard InChI is InChI=1S/C24H29N5O/c1-16(2)23-20-13-18(17-7-9-28(10-8-17)11-12-30)3-5-21(20)27-24(23)19-4-6-22-25-15-26-29(22)14-19/h3-6,13-17,27,30H,7-12H2,1-2H3. The topological polar surface area (TPSA) is 69.5 Å². The first-order valence-electron chi connectivity index (χ1n) is 10.9. The van der Waals surface area contributed by atoms with Crippen molar-refractivity contribution in [1.29, 1.82) is 0 Å². The summed E-state index contributed by atoms with van der Waals surface area (Å²) in [5.41, 5.74) is 7.15. The molecule has 1 aromatic carbocycles. The van der Waals surface area contributed by atoms with Crippen molar-refractivity contribution in [1.82, 2.24) is 24.5 Å². The number of benzene rings is 1. The Hall–Kier alpha value is -2.70. The second-order valence-corrected chi connectivity index (χ2v) is 8.69. The Kier molecular flexibility index (Phi) is 5.05. The fourth-order valence-electron chi connectivity index (χ4n) is 4.91. The van der Waals surface area contributed by atoms with Crippen LogP contribution in [-0.4, -0.2) is 55.8 Å². The number of aromatic nitrogens is 4. The number of aromatic amines is 1. The molecule has 1 aliphatic rings. The molecule has 1 fully saturated rings. The molecule has 4 heterocycles. The number of hydrogen-bond acceptors (Lipinski definition) is 4. The molecule has 30 heavy (non-hydrogen) atoms. The summed E-state index contributed by atoms with van der Waals surface area (Å²) in [7, 11) is 0. The highest BCUT2D eigenvalue weighted by atomic mass is 16.3. The number of H-pyrrole nitrogens is 1. The van der Waals surface area contributed by atoms with E-state index in [1.54, 1.807) is 6.33 Å². The predicted octanol–water partition coefficient (Wildman–Crippen LogP) is 4.17. The third-order valence-corrected chi connectivity index (χ3v) is 6.48. The van der Waals surface area contributed by atoms with Crippen LogP contribution in [0.15, 0.2) is 42.9 Å². The molecule has 156 valence electrons. The SMILES string of the molecule is CC(C)c1c(-c2ccc3ncnn3c2)[nH]c2ccc(C3CCN(CCO)CC3)cc12. The number of nitrogens with one attached hydrogen (secondary N) is 1. The number of fused-ring (bicyclic) bond motifs is 2. The minimum absolute atomic E-state index is 0.251. The number of aliphatic hydroxyl groups excluding tert-OH is 1. The van der Waals surface area contributed by atoms with Crippen molar-refractivity contribution >= 4 is 16.6 Å². The van der Waals surface area contributed by atoms with Crippen molar-refractivity contribution in [3.05, 3.63) is 54.0 Å². The van der Waals surface area contributed by atoms with Gasteiger partial charge in [0.2, 0.25) is 0 Å². The Morgan fingerprint density at radius 3 is 2.77 bits per heavy atom. The quantitative estimate of drug-likeness (QED) is 0.525. The van der Waals surface area contributed by atoms with Gasteiger partial charge in [-0.3, -0.25) is 0 Å². The lowest BCUT2D eigenvalue weighted by atomic mass is 9.87. The van der Waals surface area contributed by atoms with Gasteiger partial charge in [0.25, 0.3) is 0 Å². The minimum atomic E-state index is 0.251. The third kappa shape index (κ3) is 3.40. The summed E-state index contributed by atoms with van der Waals surface area (Å²) in [6.45, 7) is 7.70. The molecule has 0 spiro atoms. The maximum atomic E-state index is 9.19. The van der Waals surface area contributed by atoms with Crippen molar-refractivity contribution in [3.8, 4) is 11.3 Å². The number of nitrogens with zero attached hydrogens (tertiary/aromatic N) is 4. The van der Waals surface area contributed by atoms with Crippen LogP contribution in [0.4, 0.5) is 0 Å². The van der Waals surface area contributed by atoms with Crippen molar-refractivity contribution in [2.45, 2.75) is 38.5 Å². The van der Waals surface area contributed by atoms with E-state index in [1.807, 2.05) is 10.6 Å². The van der Waals surface area contributed by atoms with E-state index in [0.717, 1.165) is 43.7 Å². The molecule has 3 aromatic heterocycles. The summed E-state index contributed by atoms with van der Waals surface area (Å²) in [6, 6.07) is 11.1. The first kappa shape index (κ1) is 19.3. The molecule has 6 heteroatoms. The summed E-state index contributed by atoms with van der Waals surface area (Å²) in [5.74, 6) is 0.996. The van der Waals surface area contributed by atoms with Crippen LogP contribution in [0.5, 0.6) is 0 Å². The zero-order valence-corrected chi connectivity index (χ0v) is 17.7. The lowest BCUT2D eigenvalue weighted by Crippen LogP contribution is -2.34. The van der Waals surface area contributed by atoms with Gasteiger partial charge >= 0.3 is 0 Å². The fourth-order valence-corrected chi connectivity index (χ4v) is 4.91. The zero-order valence-electron chi connectivity index (χ0n) is 17.7. The number of piperidine rings is 1. The Balaban J connectivity index is 1.53. The van der Waals surface area contributed by atoms with Gasteiger partial charge in [0.15, 0.2) is 5.65 Å². The molecule has 5 rings (SSSR count). The van der Waals surface area contributed by atoms with E-state index in [-0.39, 0.29) is 6.61 Å². The molecule has 0 aliphatic carbocycles. The Labute approximate surface area is 176 Å². The van der Waals surface area contributed by atoms with Gasteiger partial charge < -0.3 is 15.0 Å².